The second-order valence-electron chi connectivity index (χ2n) is 9.76. The summed E-state index contributed by atoms with van der Waals surface area (Å²) in [6.45, 7) is 2.12. The quantitative estimate of drug-likeness (QED) is 0.711. The van der Waals surface area contributed by atoms with Crippen molar-refractivity contribution in [2.24, 2.45) is 11.8 Å². The molecule has 5 aliphatic rings. The zero-order valence-corrected chi connectivity index (χ0v) is 19.1. The second-order valence-corrected chi connectivity index (χ2v) is 11.7. The molecule has 1 aromatic heterocycles. The Morgan fingerprint density at radius 3 is 2.61 bits per heavy atom. The van der Waals surface area contributed by atoms with E-state index < -0.39 is 10.8 Å². The lowest BCUT2D eigenvalue weighted by atomic mass is 9.59. The minimum absolute atomic E-state index is 0.114. The number of aliphatic hydroxyl groups excluding tert-OH is 1. The summed E-state index contributed by atoms with van der Waals surface area (Å²) >= 11 is 6.08. The molecule has 7 rings (SSSR count). The number of piperidine rings is 2. The molecule has 4 fully saturated rings. The number of aryl methyl sites for hydroxylation is 1. The van der Waals surface area contributed by atoms with Gasteiger partial charge in [-0.15, -0.1) is 0 Å². The van der Waals surface area contributed by atoms with Crippen molar-refractivity contribution < 1.29 is 9.32 Å². The smallest absolute Gasteiger partial charge is 0.130 e. The van der Waals surface area contributed by atoms with Crippen molar-refractivity contribution in [2.45, 2.75) is 48.5 Å². The molecule has 2 aliphatic carbocycles. The van der Waals surface area contributed by atoms with Crippen LogP contribution in [0.4, 0.5) is 11.5 Å². The van der Waals surface area contributed by atoms with Crippen molar-refractivity contribution in [2.75, 3.05) is 35.7 Å². The van der Waals surface area contributed by atoms with Crippen LogP contribution in [0.25, 0.3) is 0 Å². The molecular formula is C24H28ClN3O2S. The van der Waals surface area contributed by atoms with Gasteiger partial charge in [-0.05, 0) is 61.1 Å². The Morgan fingerprint density at radius 1 is 1.23 bits per heavy atom. The van der Waals surface area contributed by atoms with E-state index >= 15 is 0 Å². The van der Waals surface area contributed by atoms with E-state index in [0.717, 1.165) is 65.9 Å². The number of pyridine rings is 1. The third-order valence-corrected chi connectivity index (χ3v) is 9.64. The molecule has 164 valence electrons. The van der Waals surface area contributed by atoms with Crippen LogP contribution in [-0.4, -0.2) is 45.3 Å². The summed E-state index contributed by atoms with van der Waals surface area (Å²) in [6, 6.07) is 10.5. The number of fused-ring (bicyclic) bond motifs is 3. The summed E-state index contributed by atoms with van der Waals surface area (Å²) in [5.41, 5.74) is 3.04. The van der Waals surface area contributed by atoms with E-state index in [0.29, 0.717) is 23.5 Å². The Bertz CT molecular complexity index is 1020. The van der Waals surface area contributed by atoms with Gasteiger partial charge in [0.25, 0.3) is 0 Å². The molecule has 2 saturated heterocycles. The predicted octanol–water partition coefficient (Wildman–Crippen LogP) is 3.97. The highest BCUT2D eigenvalue weighted by atomic mass is 35.5. The van der Waals surface area contributed by atoms with Crippen LogP contribution in [0.1, 0.15) is 42.9 Å². The van der Waals surface area contributed by atoms with E-state index in [4.69, 9.17) is 16.6 Å². The molecular weight excluding hydrogens is 430 g/mol. The minimum Gasteiger partial charge on any atom is -0.394 e. The van der Waals surface area contributed by atoms with Gasteiger partial charge in [0, 0.05) is 36.4 Å². The second kappa shape index (κ2) is 7.46. The monoisotopic (exact) mass is 457 g/mol. The fourth-order valence-corrected chi connectivity index (χ4v) is 7.53. The highest BCUT2D eigenvalue weighted by molar-refractivity contribution is 7.85. The number of aromatic nitrogens is 1. The van der Waals surface area contributed by atoms with E-state index in [-0.39, 0.29) is 12.1 Å². The summed E-state index contributed by atoms with van der Waals surface area (Å²) in [7, 11) is -1.00. The van der Waals surface area contributed by atoms with Crippen LogP contribution in [0.5, 0.6) is 0 Å². The molecule has 3 atom stereocenters. The Balaban J connectivity index is 1.27. The Labute approximate surface area is 190 Å². The Morgan fingerprint density at radius 2 is 1.97 bits per heavy atom. The SMILES string of the molecule is O=[S@@]1CCc2nc(N3CC4CC(C3)C4c3ccc(Cl)cc3)cc(NC3(CO)CCC3)c21. The average Bonchev–Trinajstić information content (AvgIpc) is 3.13. The third-order valence-electron chi connectivity index (χ3n) is 7.90. The van der Waals surface area contributed by atoms with Crippen LogP contribution in [0.15, 0.2) is 35.2 Å². The predicted molar refractivity (Wildman–Crippen MR) is 125 cm³/mol. The summed E-state index contributed by atoms with van der Waals surface area (Å²) in [5.74, 6) is 3.53. The van der Waals surface area contributed by atoms with E-state index in [1.54, 1.807) is 0 Å². The molecule has 4 heterocycles. The van der Waals surface area contributed by atoms with Crippen molar-refractivity contribution in [3.63, 3.8) is 0 Å². The van der Waals surface area contributed by atoms with Gasteiger partial charge in [-0.1, -0.05) is 23.7 Å². The number of rotatable bonds is 5. The van der Waals surface area contributed by atoms with Crippen molar-refractivity contribution in [3.8, 4) is 0 Å². The summed E-state index contributed by atoms with van der Waals surface area (Å²) in [6.07, 6.45) is 5.08. The van der Waals surface area contributed by atoms with Gasteiger partial charge < -0.3 is 15.3 Å². The maximum atomic E-state index is 12.7. The largest absolute Gasteiger partial charge is 0.394 e. The summed E-state index contributed by atoms with van der Waals surface area (Å²) in [4.78, 5) is 8.25. The molecule has 0 spiro atoms. The molecule has 2 N–H and O–H groups in total. The maximum absolute atomic E-state index is 12.7. The first-order chi connectivity index (χ1) is 15.0. The minimum atomic E-state index is -1.00. The summed E-state index contributed by atoms with van der Waals surface area (Å²) < 4.78 is 12.7. The lowest BCUT2D eigenvalue weighted by molar-refractivity contribution is 0.111. The first kappa shape index (κ1) is 20.0. The maximum Gasteiger partial charge on any atom is 0.130 e. The average molecular weight is 458 g/mol. The third kappa shape index (κ3) is 3.30. The van der Waals surface area contributed by atoms with Crippen LogP contribution < -0.4 is 10.2 Å². The standard InChI is InChI=1S/C24H28ClN3O2S/c25-18-4-2-15(3-5-18)22-16-10-17(22)13-28(12-16)21-11-20(27-24(14-29)7-1-8-24)23-19(26-21)6-9-31(23)30/h2-5,11,16-17,22,29H,1,6-10,12-14H2,(H,26,27)/t16?,17?,22?,31-/m1/s1. The van der Waals surface area contributed by atoms with Crippen LogP contribution in [0, 0.1) is 11.8 Å². The molecule has 7 heteroatoms. The molecule has 2 saturated carbocycles. The molecule has 3 aliphatic heterocycles. The molecule has 2 bridgehead atoms. The molecule has 2 aromatic rings. The van der Waals surface area contributed by atoms with Gasteiger partial charge in [-0.2, -0.15) is 0 Å². The van der Waals surface area contributed by atoms with Gasteiger partial charge in [0.15, 0.2) is 0 Å². The van der Waals surface area contributed by atoms with E-state index in [1.807, 2.05) is 12.1 Å². The number of hydrogen-bond donors (Lipinski definition) is 2. The number of aliphatic hydroxyl groups is 1. The zero-order valence-electron chi connectivity index (χ0n) is 17.5. The van der Waals surface area contributed by atoms with Crippen LogP contribution in [-0.2, 0) is 17.2 Å². The molecule has 0 amide bonds. The number of benzene rings is 1. The van der Waals surface area contributed by atoms with Crippen LogP contribution in [0.3, 0.4) is 0 Å². The van der Waals surface area contributed by atoms with Gasteiger partial charge in [0.05, 0.1) is 39.2 Å². The van der Waals surface area contributed by atoms with Gasteiger partial charge in [-0.25, -0.2) is 4.98 Å². The van der Waals surface area contributed by atoms with Crippen LogP contribution in [0.2, 0.25) is 5.02 Å². The van der Waals surface area contributed by atoms with E-state index in [2.05, 4.69) is 28.4 Å². The van der Waals surface area contributed by atoms with E-state index in [9.17, 15) is 9.32 Å². The van der Waals surface area contributed by atoms with Crippen molar-refractivity contribution in [1.29, 1.82) is 0 Å². The zero-order chi connectivity index (χ0) is 21.2. The lowest BCUT2D eigenvalue weighted by Gasteiger charge is -2.54. The van der Waals surface area contributed by atoms with Gasteiger partial charge in [0.1, 0.15) is 5.82 Å². The first-order valence-corrected chi connectivity index (χ1v) is 13.1. The number of hydrogen-bond acceptors (Lipinski definition) is 5. The Kier molecular flexibility index (Phi) is 4.82. The van der Waals surface area contributed by atoms with E-state index in [1.165, 1.54) is 12.0 Å². The van der Waals surface area contributed by atoms with Crippen molar-refractivity contribution >= 4 is 33.9 Å². The number of anilines is 2. The highest BCUT2D eigenvalue weighted by Crippen LogP contribution is 2.52. The summed E-state index contributed by atoms with van der Waals surface area (Å²) in [5, 5.41) is 14.3. The lowest BCUT2D eigenvalue weighted by Crippen LogP contribution is -2.54. The molecule has 5 nitrogen and oxygen atoms in total. The fraction of sp³-hybridized carbons (Fsp3) is 0.542. The Hall–Kier alpha value is -1.63. The van der Waals surface area contributed by atoms with Gasteiger partial charge in [0.2, 0.25) is 0 Å². The topological polar surface area (TPSA) is 65.5 Å². The molecule has 2 unspecified atom stereocenters. The molecule has 0 radical (unpaired) electrons. The normalized spacial score (nSPS) is 30.3. The van der Waals surface area contributed by atoms with Crippen molar-refractivity contribution in [3.05, 3.63) is 46.6 Å². The molecule has 31 heavy (non-hydrogen) atoms. The number of halogens is 1. The first-order valence-electron chi connectivity index (χ1n) is 11.4. The number of nitrogens with zero attached hydrogens (tertiary/aromatic N) is 2. The van der Waals surface area contributed by atoms with Gasteiger partial charge >= 0.3 is 0 Å². The number of nitrogens with one attached hydrogen (secondary N) is 1. The molecule has 1 aromatic carbocycles. The van der Waals surface area contributed by atoms with Crippen molar-refractivity contribution in [1.82, 2.24) is 4.98 Å². The highest BCUT2D eigenvalue weighted by Gasteiger charge is 2.48. The fourth-order valence-electron chi connectivity index (χ4n) is 6.06. The van der Waals surface area contributed by atoms with Gasteiger partial charge in [-0.3, -0.25) is 4.21 Å². The van der Waals surface area contributed by atoms with Crippen LogP contribution >= 0.6 is 11.6 Å².